The summed E-state index contributed by atoms with van der Waals surface area (Å²) in [5.74, 6) is 1.56. The van der Waals surface area contributed by atoms with E-state index < -0.39 is 0 Å². The summed E-state index contributed by atoms with van der Waals surface area (Å²) in [6, 6.07) is 6.17. The summed E-state index contributed by atoms with van der Waals surface area (Å²) in [4.78, 5) is 2.35. The standard InChI is InChI=1S/C16H26N2O3/c1-13(17)11-14-3-4-15(16(12-14)19-2)21-10-7-18-5-8-20-9-6-18/h3-4,12-13H,5-11,17H2,1-2H3. The van der Waals surface area contributed by atoms with E-state index in [2.05, 4.69) is 11.0 Å². The number of methoxy groups -OCH3 is 1. The predicted octanol–water partition coefficient (Wildman–Crippen LogP) is 1.30. The molecule has 0 saturated carbocycles. The van der Waals surface area contributed by atoms with Gasteiger partial charge in [0.2, 0.25) is 0 Å². The van der Waals surface area contributed by atoms with Crippen LogP contribution in [-0.4, -0.2) is 57.5 Å². The summed E-state index contributed by atoms with van der Waals surface area (Å²) < 4.78 is 16.6. The van der Waals surface area contributed by atoms with E-state index >= 15 is 0 Å². The van der Waals surface area contributed by atoms with Crippen molar-refractivity contribution in [2.75, 3.05) is 46.6 Å². The Morgan fingerprint density at radius 3 is 2.71 bits per heavy atom. The fourth-order valence-electron chi connectivity index (χ4n) is 2.44. The molecule has 2 N–H and O–H groups in total. The molecule has 0 spiro atoms. The molecule has 1 unspecified atom stereocenters. The van der Waals surface area contributed by atoms with E-state index in [1.165, 1.54) is 5.56 Å². The average molecular weight is 294 g/mol. The van der Waals surface area contributed by atoms with E-state index in [1.807, 2.05) is 19.1 Å². The molecule has 118 valence electrons. The van der Waals surface area contributed by atoms with E-state index in [0.717, 1.165) is 50.8 Å². The average Bonchev–Trinajstić information content (AvgIpc) is 2.49. The normalized spacial score (nSPS) is 17.5. The molecule has 0 aliphatic carbocycles. The van der Waals surface area contributed by atoms with Crippen molar-refractivity contribution in [3.63, 3.8) is 0 Å². The maximum absolute atomic E-state index is 5.85. The van der Waals surface area contributed by atoms with Gasteiger partial charge in [0.15, 0.2) is 11.5 Å². The summed E-state index contributed by atoms with van der Waals surface area (Å²) >= 11 is 0. The van der Waals surface area contributed by atoms with Gasteiger partial charge in [0.25, 0.3) is 0 Å². The molecular formula is C16H26N2O3. The largest absolute Gasteiger partial charge is 0.493 e. The highest BCUT2D eigenvalue weighted by Crippen LogP contribution is 2.28. The molecule has 0 amide bonds. The number of ether oxygens (including phenoxy) is 3. The third kappa shape index (κ3) is 5.19. The molecule has 1 aliphatic rings. The van der Waals surface area contributed by atoms with Crippen molar-refractivity contribution >= 4 is 0 Å². The second-order valence-corrected chi connectivity index (χ2v) is 5.47. The lowest BCUT2D eigenvalue weighted by Gasteiger charge is -2.26. The van der Waals surface area contributed by atoms with E-state index in [1.54, 1.807) is 7.11 Å². The summed E-state index contributed by atoms with van der Waals surface area (Å²) in [7, 11) is 1.67. The number of hydrogen-bond donors (Lipinski definition) is 1. The Bertz CT molecular complexity index is 432. The maximum Gasteiger partial charge on any atom is 0.161 e. The van der Waals surface area contributed by atoms with Gasteiger partial charge in [0.05, 0.1) is 20.3 Å². The number of nitrogens with zero attached hydrogens (tertiary/aromatic N) is 1. The Morgan fingerprint density at radius 1 is 1.29 bits per heavy atom. The SMILES string of the molecule is COc1cc(CC(C)N)ccc1OCCN1CCOCC1. The first-order valence-corrected chi connectivity index (χ1v) is 7.54. The van der Waals surface area contributed by atoms with Gasteiger partial charge in [-0.05, 0) is 31.0 Å². The van der Waals surface area contributed by atoms with E-state index in [-0.39, 0.29) is 6.04 Å². The molecule has 0 aromatic heterocycles. The highest BCUT2D eigenvalue weighted by molar-refractivity contribution is 5.43. The Kier molecular flexibility index (Phi) is 6.29. The first kappa shape index (κ1) is 16.1. The Morgan fingerprint density at radius 2 is 2.05 bits per heavy atom. The maximum atomic E-state index is 5.85. The van der Waals surface area contributed by atoms with Crippen molar-refractivity contribution in [3.8, 4) is 11.5 Å². The van der Waals surface area contributed by atoms with Crippen LogP contribution in [0.5, 0.6) is 11.5 Å². The number of rotatable bonds is 7. The molecule has 1 heterocycles. The van der Waals surface area contributed by atoms with Crippen molar-refractivity contribution in [1.29, 1.82) is 0 Å². The van der Waals surface area contributed by atoms with Crippen LogP contribution in [0, 0.1) is 0 Å². The van der Waals surface area contributed by atoms with E-state index in [0.29, 0.717) is 6.61 Å². The minimum Gasteiger partial charge on any atom is -0.493 e. The fourth-order valence-corrected chi connectivity index (χ4v) is 2.44. The second-order valence-electron chi connectivity index (χ2n) is 5.47. The zero-order chi connectivity index (χ0) is 15.1. The minimum atomic E-state index is 0.141. The molecule has 0 radical (unpaired) electrons. The van der Waals surface area contributed by atoms with Crippen LogP contribution in [0.2, 0.25) is 0 Å². The van der Waals surface area contributed by atoms with Gasteiger partial charge in [0.1, 0.15) is 6.61 Å². The van der Waals surface area contributed by atoms with Gasteiger partial charge in [0, 0.05) is 25.7 Å². The first-order valence-electron chi connectivity index (χ1n) is 7.54. The number of benzene rings is 1. The van der Waals surface area contributed by atoms with Gasteiger partial charge in [-0.2, -0.15) is 0 Å². The van der Waals surface area contributed by atoms with Crippen molar-refractivity contribution in [2.45, 2.75) is 19.4 Å². The van der Waals surface area contributed by atoms with Gasteiger partial charge in [-0.25, -0.2) is 0 Å². The molecule has 1 saturated heterocycles. The van der Waals surface area contributed by atoms with Crippen molar-refractivity contribution in [3.05, 3.63) is 23.8 Å². The van der Waals surface area contributed by atoms with Crippen molar-refractivity contribution < 1.29 is 14.2 Å². The molecule has 1 aromatic carbocycles. The topological polar surface area (TPSA) is 57.0 Å². The third-order valence-electron chi connectivity index (χ3n) is 3.55. The van der Waals surface area contributed by atoms with Crippen LogP contribution >= 0.6 is 0 Å². The van der Waals surface area contributed by atoms with Crippen LogP contribution in [0.1, 0.15) is 12.5 Å². The van der Waals surface area contributed by atoms with Crippen LogP contribution in [0.3, 0.4) is 0 Å². The number of hydrogen-bond acceptors (Lipinski definition) is 5. The molecule has 0 bridgehead atoms. The Hall–Kier alpha value is -1.30. The second kappa shape index (κ2) is 8.22. The predicted molar refractivity (Wildman–Crippen MR) is 83.1 cm³/mol. The van der Waals surface area contributed by atoms with Crippen molar-refractivity contribution in [2.24, 2.45) is 5.73 Å². The van der Waals surface area contributed by atoms with Crippen LogP contribution in [0.25, 0.3) is 0 Å². The lowest BCUT2D eigenvalue weighted by atomic mass is 10.1. The van der Waals surface area contributed by atoms with Crippen LogP contribution in [0.4, 0.5) is 0 Å². The smallest absolute Gasteiger partial charge is 0.161 e. The molecule has 1 aliphatic heterocycles. The fraction of sp³-hybridized carbons (Fsp3) is 0.625. The van der Waals surface area contributed by atoms with Crippen LogP contribution in [0.15, 0.2) is 18.2 Å². The molecule has 1 fully saturated rings. The van der Waals surface area contributed by atoms with Gasteiger partial charge in [-0.3, -0.25) is 4.90 Å². The Labute approximate surface area is 127 Å². The molecule has 1 aromatic rings. The monoisotopic (exact) mass is 294 g/mol. The van der Waals surface area contributed by atoms with Crippen molar-refractivity contribution in [1.82, 2.24) is 4.90 Å². The Balaban J connectivity index is 1.86. The van der Waals surface area contributed by atoms with Crippen LogP contribution < -0.4 is 15.2 Å². The van der Waals surface area contributed by atoms with E-state index in [9.17, 15) is 0 Å². The van der Waals surface area contributed by atoms with Gasteiger partial charge in [-0.15, -0.1) is 0 Å². The van der Waals surface area contributed by atoms with Gasteiger partial charge >= 0.3 is 0 Å². The third-order valence-corrected chi connectivity index (χ3v) is 3.55. The first-order chi connectivity index (χ1) is 10.2. The number of nitrogens with two attached hydrogens (primary N) is 1. The van der Waals surface area contributed by atoms with E-state index in [4.69, 9.17) is 19.9 Å². The minimum absolute atomic E-state index is 0.141. The summed E-state index contributed by atoms with van der Waals surface area (Å²) in [6.45, 7) is 7.16. The quantitative estimate of drug-likeness (QED) is 0.821. The van der Waals surface area contributed by atoms with Crippen LogP contribution in [-0.2, 0) is 11.2 Å². The zero-order valence-corrected chi connectivity index (χ0v) is 13.0. The molecule has 21 heavy (non-hydrogen) atoms. The summed E-state index contributed by atoms with van der Waals surface area (Å²) in [5, 5.41) is 0. The molecule has 2 rings (SSSR count). The lowest BCUT2D eigenvalue weighted by molar-refractivity contribution is 0.0321. The van der Waals surface area contributed by atoms with Gasteiger partial charge < -0.3 is 19.9 Å². The number of morpholine rings is 1. The molecule has 5 heteroatoms. The summed E-state index contributed by atoms with van der Waals surface area (Å²) in [6.07, 6.45) is 0.838. The molecule has 1 atom stereocenters. The highest BCUT2D eigenvalue weighted by Gasteiger charge is 2.11. The molecular weight excluding hydrogens is 268 g/mol. The lowest BCUT2D eigenvalue weighted by Crippen LogP contribution is -2.38. The molecule has 5 nitrogen and oxygen atoms in total. The highest BCUT2D eigenvalue weighted by atomic mass is 16.5. The summed E-state index contributed by atoms with van der Waals surface area (Å²) in [5.41, 5.74) is 7.00. The zero-order valence-electron chi connectivity index (χ0n) is 13.0. The van der Waals surface area contributed by atoms with Gasteiger partial charge in [-0.1, -0.05) is 6.07 Å².